The van der Waals surface area contributed by atoms with Gasteiger partial charge < -0.3 is 10.5 Å². The van der Waals surface area contributed by atoms with Crippen LogP contribution in [0.2, 0.25) is 15.1 Å². The molecule has 3 rings (SSSR count). The number of ether oxygens (including phenoxy) is 1. The predicted molar refractivity (Wildman–Crippen MR) is 99.8 cm³/mol. The number of anilines is 1. The molecular weight excluding hydrogens is 425 g/mol. The number of benzene rings is 2. The van der Waals surface area contributed by atoms with Gasteiger partial charge >= 0.3 is 12.2 Å². The van der Waals surface area contributed by atoms with Gasteiger partial charge in [0.05, 0.1) is 20.8 Å². The molecule has 0 saturated heterocycles. The fourth-order valence-corrected chi connectivity index (χ4v) is 3.06. The summed E-state index contributed by atoms with van der Waals surface area (Å²) in [5.74, 6) is 0.173. The van der Waals surface area contributed by atoms with Crippen molar-refractivity contribution in [3.8, 4) is 17.2 Å². The minimum atomic E-state index is -3.04. The number of nitrogens with two attached hydrogens (primary N) is 1. The van der Waals surface area contributed by atoms with E-state index in [2.05, 4.69) is 5.10 Å². The Morgan fingerprint density at radius 2 is 1.74 bits per heavy atom. The summed E-state index contributed by atoms with van der Waals surface area (Å²) in [5, 5.41) is 4.21. The lowest BCUT2D eigenvalue weighted by atomic mass is 10.3. The fourth-order valence-electron chi connectivity index (χ4n) is 2.34. The largest absolute Gasteiger partial charge is 0.454 e. The van der Waals surface area contributed by atoms with Crippen LogP contribution in [0.5, 0.6) is 11.5 Å². The van der Waals surface area contributed by atoms with Crippen molar-refractivity contribution < 1.29 is 13.5 Å². The van der Waals surface area contributed by atoms with E-state index in [9.17, 15) is 13.6 Å². The van der Waals surface area contributed by atoms with Crippen molar-refractivity contribution in [1.82, 2.24) is 14.3 Å². The van der Waals surface area contributed by atoms with E-state index in [0.29, 0.717) is 5.69 Å². The zero-order valence-corrected chi connectivity index (χ0v) is 15.9. The summed E-state index contributed by atoms with van der Waals surface area (Å²) in [4.78, 5) is 12.2. The second-order valence-corrected chi connectivity index (χ2v) is 6.64. The van der Waals surface area contributed by atoms with Gasteiger partial charge in [-0.1, -0.05) is 34.8 Å². The van der Waals surface area contributed by atoms with Gasteiger partial charge in [0, 0.05) is 11.8 Å². The van der Waals surface area contributed by atoms with Crippen molar-refractivity contribution in [2.24, 2.45) is 0 Å². The molecule has 0 aliphatic heterocycles. The Morgan fingerprint density at radius 1 is 1.07 bits per heavy atom. The molecule has 0 aliphatic rings. The van der Waals surface area contributed by atoms with E-state index in [1.807, 2.05) is 0 Å². The first-order valence-electron chi connectivity index (χ1n) is 7.37. The molecule has 0 bridgehead atoms. The highest BCUT2D eigenvalue weighted by molar-refractivity contribution is 6.36. The molecular formula is C16H11Cl3F2N4O2. The molecule has 1 heterocycles. The van der Waals surface area contributed by atoms with Crippen LogP contribution < -0.4 is 16.2 Å². The molecule has 0 atom stereocenters. The lowest BCUT2D eigenvalue weighted by Gasteiger charge is -2.12. The van der Waals surface area contributed by atoms with Crippen molar-refractivity contribution >= 4 is 40.5 Å². The number of aromatic nitrogens is 3. The topological polar surface area (TPSA) is 75.1 Å². The maximum absolute atomic E-state index is 13.0. The maximum Gasteiger partial charge on any atom is 0.355 e. The molecule has 6 nitrogen and oxygen atoms in total. The van der Waals surface area contributed by atoms with Crippen LogP contribution in [-0.2, 0) is 0 Å². The molecule has 2 N–H and O–H groups in total. The number of aryl methyl sites for hydroxylation is 1. The average molecular weight is 436 g/mol. The molecule has 0 amide bonds. The molecule has 11 heteroatoms. The van der Waals surface area contributed by atoms with Crippen molar-refractivity contribution in [1.29, 1.82) is 0 Å². The third kappa shape index (κ3) is 3.73. The lowest BCUT2D eigenvalue weighted by Crippen LogP contribution is -2.25. The summed E-state index contributed by atoms with van der Waals surface area (Å²) in [6.07, 6.45) is 0. The Kier molecular flexibility index (Phi) is 5.32. The average Bonchev–Trinajstić information content (AvgIpc) is 2.86. The van der Waals surface area contributed by atoms with Gasteiger partial charge in [-0.05, 0) is 31.2 Å². The molecule has 0 aliphatic carbocycles. The molecule has 0 radical (unpaired) electrons. The molecule has 0 saturated carbocycles. The van der Waals surface area contributed by atoms with E-state index in [-0.39, 0.29) is 42.6 Å². The summed E-state index contributed by atoms with van der Waals surface area (Å²) in [6, 6.07) is 7.21. The predicted octanol–water partition coefficient (Wildman–Crippen LogP) is 5.07. The van der Waals surface area contributed by atoms with Crippen molar-refractivity contribution in [2.75, 3.05) is 5.73 Å². The zero-order valence-electron chi connectivity index (χ0n) is 13.6. The minimum absolute atomic E-state index is 0.0233. The summed E-state index contributed by atoms with van der Waals surface area (Å²) < 4.78 is 32.7. The van der Waals surface area contributed by atoms with Crippen molar-refractivity contribution in [2.45, 2.75) is 13.5 Å². The van der Waals surface area contributed by atoms with E-state index < -0.39 is 12.2 Å². The van der Waals surface area contributed by atoms with Crippen LogP contribution in [0.1, 0.15) is 12.4 Å². The summed E-state index contributed by atoms with van der Waals surface area (Å²) >= 11 is 18.3. The number of halogens is 5. The van der Waals surface area contributed by atoms with Gasteiger partial charge in [0.1, 0.15) is 17.3 Å². The summed E-state index contributed by atoms with van der Waals surface area (Å²) in [5.41, 5.74) is 5.05. The number of alkyl halides is 2. The van der Waals surface area contributed by atoms with E-state index in [1.54, 1.807) is 6.07 Å². The molecule has 0 fully saturated rings. The van der Waals surface area contributed by atoms with E-state index in [4.69, 9.17) is 45.3 Å². The molecule has 142 valence electrons. The minimum Gasteiger partial charge on any atom is -0.454 e. The van der Waals surface area contributed by atoms with Crippen LogP contribution in [0.15, 0.2) is 35.1 Å². The Labute approximate surface area is 166 Å². The SMILES string of the molecule is Cc1nn(-c2cc(Oc3ccc(N)cc3Cl)c(Cl)cc2Cl)c(=O)n1C(F)F. The number of hydrogen-bond acceptors (Lipinski definition) is 4. The third-order valence-corrected chi connectivity index (χ3v) is 4.47. The molecule has 1 aromatic heterocycles. The molecule has 27 heavy (non-hydrogen) atoms. The highest BCUT2D eigenvalue weighted by Gasteiger charge is 2.21. The van der Waals surface area contributed by atoms with Crippen molar-refractivity contribution in [3.63, 3.8) is 0 Å². The second kappa shape index (κ2) is 7.38. The van der Waals surface area contributed by atoms with Crippen LogP contribution in [0.3, 0.4) is 0 Å². The zero-order chi connectivity index (χ0) is 19.9. The third-order valence-electron chi connectivity index (χ3n) is 3.58. The molecule has 2 aromatic carbocycles. The highest BCUT2D eigenvalue weighted by Crippen LogP contribution is 2.38. The quantitative estimate of drug-likeness (QED) is 0.580. The Bertz CT molecular complexity index is 1080. The standard InChI is InChI=1S/C16H11Cl3F2N4O2/c1-7-23-25(16(26)24(7)15(20)21)12-6-14(11(19)5-9(12)17)27-13-3-2-8(22)4-10(13)18/h2-6,15H,22H2,1H3. The Balaban J connectivity index is 2.10. The van der Waals surface area contributed by atoms with Crippen LogP contribution in [0.25, 0.3) is 5.69 Å². The van der Waals surface area contributed by atoms with Gasteiger partial charge in [-0.2, -0.15) is 13.5 Å². The molecule has 0 unspecified atom stereocenters. The van der Waals surface area contributed by atoms with E-state index in [0.717, 1.165) is 4.68 Å². The van der Waals surface area contributed by atoms with Crippen LogP contribution >= 0.6 is 34.8 Å². The highest BCUT2D eigenvalue weighted by atomic mass is 35.5. The number of rotatable bonds is 4. The van der Waals surface area contributed by atoms with Crippen LogP contribution in [0.4, 0.5) is 14.5 Å². The van der Waals surface area contributed by atoms with Gasteiger partial charge in [-0.25, -0.2) is 9.36 Å². The van der Waals surface area contributed by atoms with E-state index in [1.165, 1.54) is 31.2 Å². The lowest BCUT2D eigenvalue weighted by molar-refractivity contribution is 0.0640. The first kappa shape index (κ1) is 19.5. The van der Waals surface area contributed by atoms with Gasteiger partial charge in [-0.3, -0.25) is 0 Å². The Hall–Kier alpha value is -2.29. The summed E-state index contributed by atoms with van der Waals surface area (Å²) in [7, 11) is 0. The fraction of sp³-hybridized carbons (Fsp3) is 0.125. The van der Waals surface area contributed by atoms with Crippen LogP contribution in [0, 0.1) is 6.92 Å². The Morgan fingerprint density at radius 3 is 2.33 bits per heavy atom. The maximum atomic E-state index is 13.0. The van der Waals surface area contributed by atoms with Gasteiger partial charge in [0.15, 0.2) is 0 Å². The second-order valence-electron chi connectivity index (χ2n) is 5.42. The van der Waals surface area contributed by atoms with E-state index >= 15 is 0 Å². The molecule has 3 aromatic rings. The number of nitrogen functional groups attached to an aromatic ring is 1. The van der Waals surface area contributed by atoms with Gasteiger partial charge in [-0.15, -0.1) is 5.10 Å². The normalized spacial score (nSPS) is 11.2. The first-order chi connectivity index (χ1) is 12.7. The van der Waals surface area contributed by atoms with Crippen LogP contribution in [-0.4, -0.2) is 14.3 Å². The van der Waals surface area contributed by atoms with Gasteiger partial charge in [0.25, 0.3) is 0 Å². The number of nitrogens with zero attached hydrogens (tertiary/aromatic N) is 3. The van der Waals surface area contributed by atoms with Crippen molar-refractivity contribution in [3.05, 3.63) is 61.7 Å². The first-order valence-corrected chi connectivity index (χ1v) is 8.51. The number of hydrogen-bond donors (Lipinski definition) is 1. The molecule has 0 spiro atoms. The monoisotopic (exact) mass is 434 g/mol. The van der Waals surface area contributed by atoms with Gasteiger partial charge in [0.2, 0.25) is 0 Å². The summed E-state index contributed by atoms with van der Waals surface area (Å²) in [6.45, 7) is -1.76. The smallest absolute Gasteiger partial charge is 0.355 e.